The van der Waals surface area contributed by atoms with Crippen LogP contribution in [0.3, 0.4) is 0 Å². The number of nitrogens with one attached hydrogen (secondary N) is 1. The number of carbonyl (C=O) groups excluding carboxylic acids is 1. The van der Waals surface area contributed by atoms with Gasteiger partial charge >= 0.3 is 0 Å². The SMILES string of the molecule is Cc1cccc(C(C)NC(=O)C(C)Oc2cccc(CO)c2)c1C. The lowest BCUT2D eigenvalue weighted by Gasteiger charge is -2.21. The Morgan fingerprint density at radius 3 is 2.58 bits per heavy atom. The number of aliphatic hydroxyl groups excluding tert-OH is 1. The molecule has 2 N–H and O–H groups in total. The lowest BCUT2D eigenvalue weighted by molar-refractivity contribution is -0.127. The highest BCUT2D eigenvalue weighted by molar-refractivity contribution is 5.81. The van der Waals surface area contributed by atoms with Crippen molar-refractivity contribution >= 4 is 5.91 Å². The molecule has 2 aromatic rings. The second-order valence-electron chi connectivity index (χ2n) is 6.09. The third-order valence-electron chi connectivity index (χ3n) is 4.23. The Hall–Kier alpha value is -2.33. The van der Waals surface area contributed by atoms with E-state index >= 15 is 0 Å². The maximum Gasteiger partial charge on any atom is 0.261 e. The van der Waals surface area contributed by atoms with Crippen molar-refractivity contribution in [3.05, 3.63) is 64.7 Å². The maximum absolute atomic E-state index is 12.4. The second kappa shape index (κ2) is 7.97. The van der Waals surface area contributed by atoms with Crippen LogP contribution in [0.15, 0.2) is 42.5 Å². The van der Waals surface area contributed by atoms with Crippen LogP contribution in [0.25, 0.3) is 0 Å². The zero-order chi connectivity index (χ0) is 17.7. The largest absolute Gasteiger partial charge is 0.481 e. The molecule has 0 aliphatic carbocycles. The standard InChI is InChI=1S/C20H25NO3/c1-13-7-5-10-19(14(13)2)15(3)21-20(23)16(4)24-18-9-6-8-17(11-18)12-22/h5-11,15-16,22H,12H2,1-4H3,(H,21,23). The number of aliphatic hydroxyl groups is 1. The molecule has 0 saturated carbocycles. The molecule has 4 heteroatoms. The molecule has 0 heterocycles. The summed E-state index contributed by atoms with van der Waals surface area (Å²) >= 11 is 0. The lowest BCUT2D eigenvalue weighted by Crippen LogP contribution is -2.38. The summed E-state index contributed by atoms with van der Waals surface area (Å²) in [6.45, 7) is 7.76. The van der Waals surface area contributed by atoms with Gasteiger partial charge in [-0.25, -0.2) is 0 Å². The van der Waals surface area contributed by atoms with Crippen LogP contribution in [0, 0.1) is 13.8 Å². The van der Waals surface area contributed by atoms with Crippen LogP contribution < -0.4 is 10.1 Å². The molecular weight excluding hydrogens is 302 g/mol. The number of aryl methyl sites for hydroxylation is 1. The number of rotatable bonds is 6. The molecule has 1 amide bonds. The van der Waals surface area contributed by atoms with Gasteiger partial charge in [0.05, 0.1) is 12.6 Å². The van der Waals surface area contributed by atoms with Crippen molar-refractivity contribution in [3.8, 4) is 5.75 Å². The van der Waals surface area contributed by atoms with Crippen LogP contribution in [-0.2, 0) is 11.4 Å². The van der Waals surface area contributed by atoms with Gasteiger partial charge in [0.25, 0.3) is 5.91 Å². The number of amides is 1. The predicted octanol–water partition coefficient (Wildman–Crippen LogP) is 3.44. The van der Waals surface area contributed by atoms with Crippen molar-refractivity contribution in [1.82, 2.24) is 5.32 Å². The summed E-state index contributed by atoms with van der Waals surface area (Å²) in [4.78, 5) is 12.4. The Morgan fingerprint density at radius 1 is 1.17 bits per heavy atom. The number of benzene rings is 2. The number of hydrogen-bond donors (Lipinski definition) is 2. The minimum atomic E-state index is -0.619. The number of ether oxygens (including phenoxy) is 1. The highest BCUT2D eigenvalue weighted by Crippen LogP contribution is 2.21. The van der Waals surface area contributed by atoms with Gasteiger partial charge in [0, 0.05) is 0 Å². The van der Waals surface area contributed by atoms with Crippen molar-refractivity contribution in [2.75, 3.05) is 0 Å². The first-order valence-electron chi connectivity index (χ1n) is 8.15. The summed E-state index contributed by atoms with van der Waals surface area (Å²) in [5.74, 6) is 0.404. The van der Waals surface area contributed by atoms with E-state index in [1.165, 1.54) is 11.1 Å². The normalized spacial score (nSPS) is 13.2. The number of carbonyl (C=O) groups is 1. The molecule has 24 heavy (non-hydrogen) atoms. The zero-order valence-electron chi connectivity index (χ0n) is 14.7. The summed E-state index contributed by atoms with van der Waals surface area (Å²) in [6.07, 6.45) is -0.619. The summed E-state index contributed by atoms with van der Waals surface area (Å²) in [7, 11) is 0. The maximum atomic E-state index is 12.4. The third kappa shape index (κ3) is 4.36. The average molecular weight is 327 g/mol. The topological polar surface area (TPSA) is 58.6 Å². The van der Waals surface area contributed by atoms with Gasteiger partial charge in [-0.05, 0) is 62.1 Å². The van der Waals surface area contributed by atoms with Crippen LogP contribution in [-0.4, -0.2) is 17.1 Å². The van der Waals surface area contributed by atoms with Crippen LogP contribution in [0.2, 0.25) is 0 Å². The molecule has 128 valence electrons. The Kier molecular flexibility index (Phi) is 5.99. The summed E-state index contributed by atoms with van der Waals surface area (Å²) < 4.78 is 5.69. The van der Waals surface area contributed by atoms with E-state index in [2.05, 4.69) is 25.2 Å². The molecule has 0 saturated heterocycles. The van der Waals surface area contributed by atoms with E-state index in [0.717, 1.165) is 11.1 Å². The number of hydrogen-bond acceptors (Lipinski definition) is 3. The Balaban J connectivity index is 2.01. The Bertz CT molecular complexity index is 712. The van der Waals surface area contributed by atoms with Crippen molar-refractivity contribution in [2.24, 2.45) is 0 Å². The molecule has 2 rings (SSSR count). The zero-order valence-corrected chi connectivity index (χ0v) is 14.7. The average Bonchev–Trinajstić information content (AvgIpc) is 2.57. The lowest BCUT2D eigenvalue weighted by atomic mass is 9.98. The van der Waals surface area contributed by atoms with E-state index in [-0.39, 0.29) is 18.6 Å². The molecule has 0 bridgehead atoms. The highest BCUT2D eigenvalue weighted by atomic mass is 16.5. The van der Waals surface area contributed by atoms with Crippen molar-refractivity contribution < 1.29 is 14.6 Å². The van der Waals surface area contributed by atoms with Gasteiger partial charge < -0.3 is 15.2 Å². The van der Waals surface area contributed by atoms with E-state index in [9.17, 15) is 4.79 Å². The van der Waals surface area contributed by atoms with E-state index < -0.39 is 6.10 Å². The van der Waals surface area contributed by atoms with Crippen LogP contribution in [0.1, 0.15) is 42.1 Å². The van der Waals surface area contributed by atoms with Gasteiger partial charge in [-0.2, -0.15) is 0 Å². The van der Waals surface area contributed by atoms with E-state index in [1.54, 1.807) is 31.2 Å². The summed E-state index contributed by atoms with van der Waals surface area (Å²) in [6, 6.07) is 13.1. The smallest absolute Gasteiger partial charge is 0.261 e. The monoisotopic (exact) mass is 327 g/mol. The van der Waals surface area contributed by atoms with Crippen molar-refractivity contribution in [2.45, 2.75) is 46.4 Å². The van der Waals surface area contributed by atoms with Crippen LogP contribution in [0.4, 0.5) is 0 Å². The molecule has 0 spiro atoms. The van der Waals surface area contributed by atoms with Gasteiger partial charge in [-0.3, -0.25) is 4.79 Å². The third-order valence-corrected chi connectivity index (χ3v) is 4.23. The molecule has 2 atom stereocenters. The Morgan fingerprint density at radius 2 is 1.88 bits per heavy atom. The van der Waals surface area contributed by atoms with Gasteiger partial charge in [0.2, 0.25) is 0 Å². The first-order chi connectivity index (χ1) is 11.4. The molecule has 2 aromatic carbocycles. The van der Waals surface area contributed by atoms with Crippen LogP contribution >= 0.6 is 0 Å². The van der Waals surface area contributed by atoms with Gasteiger partial charge in [-0.15, -0.1) is 0 Å². The van der Waals surface area contributed by atoms with Gasteiger partial charge in [0.15, 0.2) is 6.10 Å². The molecule has 2 unspecified atom stereocenters. The first-order valence-corrected chi connectivity index (χ1v) is 8.15. The van der Waals surface area contributed by atoms with Crippen molar-refractivity contribution in [1.29, 1.82) is 0 Å². The van der Waals surface area contributed by atoms with Crippen LogP contribution in [0.5, 0.6) is 5.75 Å². The molecular formula is C20H25NO3. The minimum absolute atomic E-state index is 0.0541. The Labute approximate surface area is 143 Å². The first kappa shape index (κ1) is 18.0. The summed E-state index contributed by atoms with van der Waals surface area (Å²) in [5.41, 5.74) is 4.26. The van der Waals surface area contributed by atoms with E-state index in [1.807, 2.05) is 19.1 Å². The fourth-order valence-electron chi connectivity index (χ4n) is 2.63. The molecule has 0 radical (unpaired) electrons. The minimum Gasteiger partial charge on any atom is -0.481 e. The molecule has 0 aliphatic rings. The molecule has 4 nitrogen and oxygen atoms in total. The second-order valence-corrected chi connectivity index (χ2v) is 6.09. The predicted molar refractivity (Wildman–Crippen MR) is 94.9 cm³/mol. The quantitative estimate of drug-likeness (QED) is 0.854. The molecule has 0 fully saturated rings. The fourth-order valence-corrected chi connectivity index (χ4v) is 2.63. The van der Waals surface area contributed by atoms with E-state index in [4.69, 9.17) is 9.84 Å². The summed E-state index contributed by atoms with van der Waals surface area (Å²) in [5, 5.41) is 12.2. The van der Waals surface area contributed by atoms with Crippen molar-refractivity contribution in [3.63, 3.8) is 0 Å². The van der Waals surface area contributed by atoms with E-state index in [0.29, 0.717) is 5.75 Å². The molecule has 0 aliphatic heterocycles. The van der Waals surface area contributed by atoms with Gasteiger partial charge in [0.1, 0.15) is 5.75 Å². The molecule has 0 aromatic heterocycles. The fraction of sp³-hybridized carbons (Fsp3) is 0.350. The van der Waals surface area contributed by atoms with Gasteiger partial charge in [-0.1, -0.05) is 30.3 Å². The highest BCUT2D eigenvalue weighted by Gasteiger charge is 2.19.